The molecule has 0 aliphatic rings. The predicted octanol–water partition coefficient (Wildman–Crippen LogP) is 4.04. The Morgan fingerprint density at radius 3 is 2.30 bits per heavy atom. The molecule has 0 spiro atoms. The fourth-order valence-electron chi connectivity index (χ4n) is 2.02. The van der Waals surface area contributed by atoms with Crippen molar-refractivity contribution >= 4 is 27.7 Å². The van der Waals surface area contributed by atoms with E-state index in [2.05, 4.69) is 32.0 Å². The Balaban J connectivity index is 2.33. The van der Waals surface area contributed by atoms with Gasteiger partial charge in [-0.1, -0.05) is 45.9 Å². The van der Waals surface area contributed by atoms with Crippen LogP contribution in [0, 0.1) is 13.8 Å². The van der Waals surface area contributed by atoms with Crippen molar-refractivity contribution in [3.8, 4) is 0 Å². The first kappa shape index (κ1) is 15.5. The van der Waals surface area contributed by atoms with Gasteiger partial charge >= 0.3 is 0 Å². The summed E-state index contributed by atoms with van der Waals surface area (Å²) in [5, 5.41) is 0.896. The van der Waals surface area contributed by atoms with Gasteiger partial charge < -0.3 is 5.73 Å². The van der Waals surface area contributed by atoms with Gasteiger partial charge in [0.1, 0.15) is 0 Å². The summed E-state index contributed by atoms with van der Waals surface area (Å²) in [6, 6.07) is 10.1. The van der Waals surface area contributed by atoms with Gasteiger partial charge in [-0.25, -0.2) is 9.97 Å². The van der Waals surface area contributed by atoms with E-state index in [4.69, 9.17) is 5.73 Å². The van der Waals surface area contributed by atoms with E-state index in [1.807, 2.05) is 45.0 Å². The Labute approximate surface area is 132 Å². The summed E-state index contributed by atoms with van der Waals surface area (Å²) in [5.41, 5.74) is 9.30. The maximum Gasteiger partial charge on any atom is 0.188 e. The lowest BCUT2D eigenvalue weighted by Crippen LogP contribution is -2.23. The highest BCUT2D eigenvalue weighted by molar-refractivity contribution is 9.10. The number of aryl methyl sites for hydroxylation is 2. The van der Waals surface area contributed by atoms with E-state index >= 15 is 0 Å². The van der Waals surface area contributed by atoms with E-state index in [1.54, 1.807) is 11.8 Å². The Bertz CT molecular complexity index is 581. The van der Waals surface area contributed by atoms with E-state index in [0.29, 0.717) is 0 Å². The van der Waals surface area contributed by atoms with Gasteiger partial charge in [0.25, 0.3) is 0 Å². The third kappa shape index (κ3) is 3.81. The van der Waals surface area contributed by atoms with Crippen LogP contribution in [0.25, 0.3) is 0 Å². The number of nitrogens with two attached hydrogens (primary N) is 1. The lowest BCUT2D eigenvalue weighted by atomic mass is 10.1. The van der Waals surface area contributed by atoms with Crippen molar-refractivity contribution in [1.29, 1.82) is 0 Å². The molecule has 0 fully saturated rings. The quantitative estimate of drug-likeness (QED) is 0.667. The van der Waals surface area contributed by atoms with Crippen LogP contribution in [-0.2, 0) is 0 Å². The molecule has 0 saturated heterocycles. The second-order valence-corrected chi connectivity index (χ2v) is 6.82. The summed E-state index contributed by atoms with van der Waals surface area (Å²) in [6.45, 7) is 5.98. The SMILES string of the molecule is Cc1cc(C)nc(SC(c2ccccc2Br)C(C)N)n1. The lowest BCUT2D eigenvalue weighted by Gasteiger charge is -2.21. The third-order valence-electron chi connectivity index (χ3n) is 2.88. The molecule has 1 aromatic heterocycles. The van der Waals surface area contributed by atoms with E-state index in [-0.39, 0.29) is 11.3 Å². The minimum absolute atomic E-state index is 0.00289. The van der Waals surface area contributed by atoms with Crippen molar-refractivity contribution in [2.75, 3.05) is 0 Å². The summed E-state index contributed by atoms with van der Waals surface area (Å²) in [7, 11) is 0. The largest absolute Gasteiger partial charge is 0.327 e. The van der Waals surface area contributed by atoms with Crippen molar-refractivity contribution in [1.82, 2.24) is 9.97 Å². The normalized spacial score (nSPS) is 14.1. The number of aromatic nitrogens is 2. The predicted molar refractivity (Wildman–Crippen MR) is 87.9 cm³/mol. The number of hydrogen-bond donors (Lipinski definition) is 1. The van der Waals surface area contributed by atoms with Crippen molar-refractivity contribution < 1.29 is 0 Å². The highest BCUT2D eigenvalue weighted by Gasteiger charge is 2.21. The molecule has 5 heteroatoms. The molecule has 1 aromatic carbocycles. The van der Waals surface area contributed by atoms with Gasteiger partial charge in [0.15, 0.2) is 5.16 Å². The van der Waals surface area contributed by atoms with Crippen molar-refractivity contribution in [3.05, 3.63) is 51.8 Å². The molecule has 0 amide bonds. The van der Waals surface area contributed by atoms with Gasteiger partial charge in [-0.05, 0) is 38.5 Å². The third-order valence-corrected chi connectivity index (χ3v) is 4.94. The highest BCUT2D eigenvalue weighted by Crippen LogP contribution is 2.38. The van der Waals surface area contributed by atoms with E-state index in [1.165, 1.54) is 5.56 Å². The average molecular weight is 352 g/mol. The molecule has 3 nitrogen and oxygen atoms in total. The Morgan fingerprint density at radius 1 is 1.15 bits per heavy atom. The van der Waals surface area contributed by atoms with Crippen LogP contribution < -0.4 is 5.73 Å². The molecular formula is C15H18BrN3S. The van der Waals surface area contributed by atoms with E-state index in [0.717, 1.165) is 21.0 Å². The van der Waals surface area contributed by atoms with Crippen LogP contribution in [0.5, 0.6) is 0 Å². The first-order valence-corrected chi connectivity index (χ1v) is 8.13. The molecule has 2 aromatic rings. The molecule has 0 aliphatic carbocycles. The van der Waals surface area contributed by atoms with Crippen LogP contribution in [0.2, 0.25) is 0 Å². The monoisotopic (exact) mass is 351 g/mol. The molecule has 2 N–H and O–H groups in total. The smallest absolute Gasteiger partial charge is 0.188 e. The number of rotatable bonds is 4. The topological polar surface area (TPSA) is 51.8 Å². The van der Waals surface area contributed by atoms with Crippen LogP contribution in [0.15, 0.2) is 40.0 Å². The van der Waals surface area contributed by atoms with Crippen molar-refractivity contribution in [2.45, 2.75) is 37.2 Å². The average Bonchev–Trinajstić information content (AvgIpc) is 2.35. The fourth-order valence-corrected chi connectivity index (χ4v) is 3.87. The summed E-state index contributed by atoms with van der Waals surface area (Å²) in [5.74, 6) is 0. The molecule has 20 heavy (non-hydrogen) atoms. The fraction of sp³-hybridized carbons (Fsp3) is 0.333. The van der Waals surface area contributed by atoms with Crippen molar-refractivity contribution in [3.63, 3.8) is 0 Å². The molecule has 0 saturated carbocycles. The molecule has 106 valence electrons. The molecule has 0 aliphatic heterocycles. The summed E-state index contributed by atoms with van der Waals surface area (Å²) in [4.78, 5) is 8.98. The Hall–Kier alpha value is -0.910. The highest BCUT2D eigenvalue weighted by atomic mass is 79.9. The molecule has 0 radical (unpaired) electrons. The Kier molecular flexibility index (Phi) is 5.18. The molecular weight excluding hydrogens is 334 g/mol. The van der Waals surface area contributed by atoms with Crippen LogP contribution in [0.3, 0.4) is 0 Å². The van der Waals surface area contributed by atoms with Crippen LogP contribution in [-0.4, -0.2) is 16.0 Å². The van der Waals surface area contributed by atoms with E-state index < -0.39 is 0 Å². The molecule has 2 unspecified atom stereocenters. The molecule has 0 bridgehead atoms. The minimum atomic E-state index is 0.00289. The van der Waals surface area contributed by atoms with Gasteiger partial charge in [0.2, 0.25) is 0 Å². The number of nitrogens with zero attached hydrogens (tertiary/aromatic N) is 2. The number of benzene rings is 1. The van der Waals surface area contributed by atoms with E-state index in [9.17, 15) is 0 Å². The van der Waals surface area contributed by atoms with Gasteiger partial charge in [-0.2, -0.15) is 0 Å². The summed E-state index contributed by atoms with van der Waals surface area (Å²) in [6.07, 6.45) is 0. The maximum atomic E-state index is 6.16. The van der Waals surface area contributed by atoms with Gasteiger partial charge in [-0.15, -0.1) is 0 Å². The van der Waals surface area contributed by atoms with Crippen LogP contribution in [0.4, 0.5) is 0 Å². The molecule has 2 rings (SSSR count). The van der Waals surface area contributed by atoms with Gasteiger partial charge in [0.05, 0.1) is 5.25 Å². The van der Waals surface area contributed by atoms with Gasteiger partial charge in [-0.3, -0.25) is 0 Å². The zero-order valence-corrected chi connectivity index (χ0v) is 14.2. The second kappa shape index (κ2) is 6.70. The molecule has 1 heterocycles. The Morgan fingerprint density at radius 2 is 1.75 bits per heavy atom. The van der Waals surface area contributed by atoms with Crippen LogP contribution in [0.1, 0.15) is 29.1 Å². The zero-order chi connectivity index (χ0) is 14.7. The first-order valence-electron chi connectivity index (χ1n) is 6.46. The number of thioether (sulfide) groups is 1. The number of halogens is 1. The summed E-state index contributed by atoms with van der Waals surface area (Å²) >= 11 is 5.21. The molecule has 2 atom stereocenters. The summed E-state index contributed by atoms with van der Waals surface area (Å²) < 4.78 is 1.07. The minimum Gasteiger partial charge on any atom is -0.327 e. The first-order chi connectivity index (χ1) is 9.47. The second-order valence-electron chi connectivity index (χ2n) is 4.85. The zero-order valence-electron chi connectivity index (χ0n) is 11.8. The van der Waals surface area contributed by atoms with Crippen molar-refractivity contribution in [2.24, 2.45) is 5.73 Å². The standard InChI is InChI=1S/C15H18BrN3S/c1-9-8-10(2)19-15(18-9)20-14(11(3)17)12-6-4-5-7-13(12)16/h4-8,11,14H,17H2,1-3H3. The van der Waals surface area contributed by atoms with Crippen LogP contribution >= 0.6 is 27.7 Å². The maximum absolute atomic E-state index is 6.16. The van der Waals surface area contributed by atoms with Gasteiger partial charge in [0, 0.05) is 21.9 Å². The number of hydrogen-bond acceptors (Lipinski definition) is 4. The lowest BCUT2D eigenvalue weighted by molar-refractivity contribution is 0.714.